The molecule has 0 bridgehead atoms. The Morgan fingerprint density at radius 3 is 2.69 bits per heavy atom. The highest BCUT2D eigenvalue weighted by Crippen LogP contribution is 2.08. The van der Waals surface area contributed by atoms with Crippen molar-refractivity contribution in [1.82, 2.24) is 9.88 Å². The van der Waals surface area contributed by atoms with Crippen LogP contribution in [0.1, 0.15) is 10.4 Å². The number of likely N-dealkylation sites (N-methyl/N-ethyl adjacent to an activating group) is 1. The molecule has 1 aromatic rings. The molecule has 0 aliphatic rings. The van der Waals surface area contributed by atoms with Gasteiger partial charge in [0.15, 0.2) is 0 Å². The third-order valence-corrected chi connectivity index (χ3v) is 1.73. The van der Waals surface area contributed by atoms with Gasteiger partial charge in [0.05, 0.1) is 24.0 Å². The summed E-state index contributed by atoms with van der Waals surface area (Å²) in [7, 11) is 3.54. The van der Waals surface area contributed by atoms with Crippen LogP contribution in [0.25, 0.3) is 0 Å². The minimum Gasteiger partial charge on any atom is -0.478 e. The van der Waals surface area contributed by atoms with Crippen LogP contribution in [-0.4, -0.2) is 47.5 Å². The van der Waals surface area contributed by atoms with Crippen LogP contribution in [0.4, 0.5) is 5.69 Å². The van der Waals surface area contributed by atoms with E-state index in [1.54, 1.807) is 19.0 Å². The van der Waals surface area contributed by atoms with Gasteiger partial charge in [-0.2, -0.15) is 0 Å². The number of rotatable bonds is 4. The molecule has 0 saturated carbocycles. The van der Waals surface area contributed by atoms with Gasteiger partial charge in [0.2, 0.25) is 5.91 Å². The number of hydrogen-bond donors (Lipinski definition) is 2. The van der Waals surface area contributed by atoms with Gasteiger partial charge < -0.3 is 15.3 Å². The molecule has 0 radical (unpaired) electrons. The van der Waals surface area contributed by atoms with Crippen molar-refractivity contribution in [2.24, 2.45) is 0 Å². The van der Waals surface area contributed by atoms with E-state index in [0.29, 0.717) is 5.69 Å². The number of anilines is 1. The molecule has 16 heavy (non-hydrogen) atoms. The molecule has 0 aliphatic heterocycles. The first kappa shape index (κ1) is 12.1. The second kappa shape index (κ2) is 5.22. The molecule has 0 unspecified atom stereocenters. The summed E-state index contributed by atoms with van der Waals surface area (Å²) in [6.45, 7) is 0.233. The number of carbonyl (C=O) groups excluding carboxylic acids is 1. The molecule has 6 nitrogen and oxygen atoms in total. The number of aromatic nitrogens is 1. The summed E-state index contributed by atoms with van der Waals surface area (Å²) in [5.41, 5.74) is 0.425. The Morgan fingerprint density at radius 2 is 2.12 bits per heavy atom. The number of amides is 1. The molecule has 0 aliphatic carbocycles. The lowest BCUT2D eigenvalue weighted by Crippen LogP contribution is -2.27. The Kier molecular flexibility index (Phi) is 3.96. The van der Waals surface area contributed by atoms with Crippen molar-refractivity contribution in [3.05, 3.63) is 24.0 Å². The van der Waals surface area contributed by atoms with Crippen LogP contribution in [0.15, 0.2) is 18.5 Å². The van der Waals surface area contributed by atoms with Gasteiger partial charge in [0.25, 0.3) is 0 Å². The molecule has 1 heterocycles. The van der Waals surface area contributed by atoms with Gasteiger partial charge >= 0.3 is 5.97 Å². The summed E-state index contributed by atoms with van der Waals surface area (Å²) >= 11 is 0. The predicted molar refractivity (Wildman–Crippen MR) is 58.4 cm³/mol. The van der Waals surface area contributed by atoms with Crippen molar-refractivity contribution < 1.29 is 14.7 Å². The summed E-state index contributed by atoms with van der Waals surface area (Å²) in [4.78, 5) is 27.5. The molecule has 6 heteroatoms. The highest BCUT2D eigenvalue weighted by molar-refractivity contribution is 5.94. The van der Waals surface area contributed by atoms with Gasteiger partial charge in [0, 0.05) is 6.20 Å². The number of aromatic carboxylic acids is 1. The van der Waals surface area contributed by atoms with E-state index in [9.17, 15) is 9.59 Å². The average molecular weight is 223 g/mol. The molecule has 0 atom stereocenters. The number of nitrogens with zero attached hydrogens (tertiary/aromatic N) is 2. The number of nitrogens with one attached hydrogen (secondary N) is 1. The maximum atomic E-state index is 11.4. The van der Waals surface area contributed by atoms with Crippen LogP contribution < -0.4 is 5.32 Å². The van der Waals surface area contributed by atoms with E-state index in [1.165, 1.54) is 18.5 Å². The first-order valence-electron chi connectivity index (χ1n) is 4.62. The SMILES string of the molecule is CN(C)CC(=O)Nc1cncc(C(=O)O)c1. The number of carbonyl (C=O) groups is 2. The van der Waals surface area contributed by atoms with Crippen LogP contribution in [0.5, 0.6) is 0 Å². The minimum absolute atomic E-state index is 0.0441. The van der Waals surface area contributed by atoms with E-state index < -0.39 is 5.97 Å². The Bertz CT molecular complexity index is 404. The average Bonchev–Trinajstić information content (AvgIpc) is 2.16. The second-order valence-electron chi connectivity index (χ2n) is 3.55. The van der Waals surface area contributed by atoms with Gasteiger partial charge in [-0.1, -0.05) is 0 Å². The molecule has 1 aromatic heterocycles. The Labute approximate surface area is 92.9 Å². The Balaban J connectivity index is 2.70. The fraction of sp³-hybridized carbons (Fsp3) is 0.300. The molecule has 0 saturated heterocycles. The van der Waals surface area contributed by atoms with Gasteiger partial charge in [-0.05, 0) is 20.2 Å². The first-order valence-corrected chi connectivity index (χ1v) is 4.62. The number of hydrogen-bond acceptors (Lipinski definition) is 4. The normalized spacial score (nSPS) is 10.2. The quantitative estimate of drug-likeness (QED) is 0.766. The van der Waals surface area contributed by atoms with Crippen molar-refractivity contribution in [2.75, 3.05) is 26.0 Å². The molecular formula is C10H13N3O3. The zero-order valence-electron chi connectivity index (χ0n) is 9.10. The Morgan fingerprint density at radius 1 is 1.44 bits per heavy atom. The number of carboxylic acid groups (broad SMARTS) is 1. The maximum Gasteiger partial charge on any atom is 0.337 e. The second-order valence-corrected chi connectivity index (χ2v) is 3.55. The first-order chi connectivity index (χ1) is 7.49. The highest BCUT2D eigenvalue weighted by atomic mass is 16.4. The molecule has 0 fully saturated rings. The van der Waals surface area contributed by atoms with E-state index in [0.717, 1.165) is 0 Å². The van der Waals surface area contributed by atoms with Crippen molar-refractivity contribution in [3.63, 3.8) is 0 Å². The highest BCUT2D eigenvalue weighted by Gasteiger charge is 2.07. The largest absolute Gasteiger partial charge is 0.478 e. The zero-order chi connectivity index (χ0) is 12.1. The molecule has 0 spiro atoms. The van der Waals surface area contributed by atoms with Crippen LogP contribution in [-0.2, 0) is 4.79 Å². The standard InChI is InChI=1S/C10H13N3O3/c1-13(2)6-9(14)12-8-3-7(10(15)16)4-11-5-8/h3-5H,6H2,1-2H3,(H,12,14)(H,15,16). The Hall–Kier alpha value is -1.95. The van der Waals surface area contributed by atoms with Gasteiger partial charge in [0.1, 0.15) is 0 Å². The van der Waals surface area contributed by atoms with Crippen LogP contribution in [0, 0.1) is 0 Å². The summed E-state index contributed by atoms with van der Waals surface area (Å²) in [5.74, 6) is -1.29. The van der Waals surface area contributed by atoms with Crippen LogP contribution in [0.3, 0.4) is 0 Å². The lowest BCUT2D eigenvalue weighted by atomic mass is 10.2. The van der Waals surface area contributed by atoms with E-state index >= 15 is 0 Å². The fourth-order valence-corrected chi connectivity index (χ4v) is 1.11. The summed E-state index contributed by atoms with van der Waals surface area (Å²) in [6, 6.07) is 1.36. The summed E-state index contributed by atoms with van der Waals surface area (Å²) in [5, 5.41) is 11.3. The van der Waals surface area contributed by atoms with Gasteiger partial charge in [-0.25, -0.2) is 4.79 Å². The van der Waals surface area contributed by atoms with Crippen molar-refractivity contribution in [3.8, 4) is 0 Å². The third-order valence-electron chi connectivity index (χ3n) is 1.73. The molecule has 1 rings (SSSR count). The van der Waals surface area contributed by atoms with E-state index in [-0.39, 0.29) is 18.0 Å². The number of carboxylic acids is 1. The molecule has 86 valence electrons. The number of pyridine rings is 1. The topological polar surface area (TPSA) is 82.5 Å². The van der Waals surface area contributed by atoms with Gasteiger partial charge in [-0.15, -0.1) is 0 Å². The van der Waals surface area contributed by atoms with E-state index in [2.05, 4.69) is 10.3 Å². The fourth-order valence-electron chi connectivity index (χ4n) is 1.11. The zero-order valence-corrected chi connectivity index (χ0v) is 9.10. The maximum absolute atomic E-state index is 11.4. The monoisotopic (exact) mass is 223 g/mol. The summed E-state index contributed by atoms with van der Waals surface area (Å²) < 4.78 is 0. The van der Waals surface area contributed by atoms with Crippen molar-refractivity contribution in [1.29, 1.82) is 0 Å². The molecule has 1 amide bonds. The molecule has 2 N–H and O–H groups in total. The smallest absolute Gasteiger partial charge is 0.337 e. The lowest BCUT2D eigenvalue weighted by Gasteiger charge is -2.09. The van der Waals surface area contributed by atoms with Crippen molar-refractivity contribution in [2.45, 2.75) is 0 Å². The predicted octanol–water partition coefficient (Wildman–Crippen LogP) is 0.280. The minimum atomic E-state index is -1.07. The summed E-state index contributed by atoms with van der Waals surface area (Å²) in [6.07, 6.45) is 2.63. The van der Waals surface area contributed by atoms with E-state index in [1.807, 2.05) is 0 Å². The molecule has 0 aromatic carbocycles. The van der Waals surface area contributed by atoms with Gasteiger partial charge in [-0.3, -0.25) is 9.78 Å². The molecular weight excluding hydrogens is 210 g/mol. The third kappa shape index (κ3) is 3.66. The van der Waals surface area contributed by atoms with E-state index in [4.69, 9.17) is 5.11 Å². The van der Waals surface area contributed by atoms with Crippen molar-refractivity contribution >= 4 is 17.6 Å². The lowest BCUT2D eigenvalue weighted by molar-refractivity contribution is -0.116. The van der Waals surface area contributed by atoms with Crippen LogP contribution >= 0.6 is 0 Å². The van der Waals surface area contributed by atoms with Crippen LogP contribution in [0.2, 0.25) is 0 Å².